The minimum atomic E-state index is -0.865. The molecule has 8 nitrogen and oxygen atoms in total. The molecule has 4 atom stereocenters. The van der Waals surface area contributed by atoms with E-state index in [0.717, 1.165) is 11.1 Å². The van der Waals surface area contributed by atoms with E-state index in [1.54, 1.807) is 13.8 Å². The smallest absolute Gasteiger partial charge is 0.408 e. The summed E-state index contributed by atoms with van der Waals surface area (Å²) < 4.78 is 10.6. The lowest BCUT2D eigenvalue weighted by atomic mass is 9.89. The van der Waals surface area contributed by atoms with Crippen LogP contribution in [0.5, 0.6) is 0 Å². The zero-order valence-electron chi connectivity index (χ0n) is 22.6. The predicted octanol–water partition coefficient (Wildman–Crippen LogP) is 4.01. The maximum absolute atomic E-state index is 13.5. The van der Waals surface area contributed by atoms with Crippen LogP contribution in [0.2, 0.25) is 0 Å². The first kappa shape index (κ1) is 29.0. The zero-order chi connectivity index (χ0) is 27.7. The van der Waals surface area contributed by atoms with Crippen molar-refractivity contribution in [2.75, 3.05) is 6.61 Å². The highest BCUT2D eigenvalue weighted by Crippen LogP contribution is 2.30. The maximum Gasteiger partial charge on any atom is 0.408 e. The Morgan fingerprint density at radius 2 is 1.50 bits per heavy atom. The second kappa shape index (κ2) is 13.3. The summed E-state index contributed by atoms with van der Waals surface area (Å²) in [4.78, 5) is 51.8. The number of Topliss-reactive ketones (excluding diaryl/α,β-unsaturated/α-hetero) is 2. The van der Waals surface area contributed by atoms with Gasteiger partial charge in [-0.15, -0.1) is 0 Å². The van der Waals surface area contributed by atoms with Crippen molar-refractivity contribution in [1.29, 1.82) is 0 Å². The average molecular weight is 523 g/mol. The number of ketones is 2. The molecular formula is C30H38N2O6. The molecule has 2 aromatic carbocycles. The van der Waals surface area contributed by atoms with Crippen LogP contribution in [-0.2, 0) is 36.9 Å². The summed E-state index contributed by atoms with van der Waals surface area (Å²) >= 11 is 0. The Morgan fingerprint density at radius 1 is 0.921 bits per heavy atom. The predicted molar refractivity (Wildman–Crippen MR) is 143 cm³/mol. The van der Waals surface area contributed by atoms with Crippen LogP contribution in [-0.4, -0.2) is 47.9 Å². The Labute approximate surface area is 224 Å². The van der Waals surface area contributed by atoms with Crippen LogP contribution in [0.3, 0.4) is 0 Å². The number of carbonyl (C=O) groups excluding carboxylic acids is 4. The summed E-state index contributed by atoms with van der Waals surface area (Å²) in [5.41, 5.74) is 0.862. The molecule has 0 bridgehead atoms. The van der Waals surface area contributed by atoms with Gasteiger partial charge < -0.3 is 20.1 Å². The van der Waals surface area contributed by atoms with E-state index in [4.69, 9.17) is 9.47 Å². The Bertz CT molecular complexity index is 1100. The van der Waals surface area contributed by atoms with Crippen molar-refractivity contribution < 1.29 is 28.7 Å². The summed E-state index contributed by atoms with van der Waals surface area (Å²) in [6, 6.07) is 17.1. The molecule has 1 fully saturated rings. The fraction of sp³-hybridized carbons (Fsp3) is 0.467. The van der Waals surface area contributed by atoms with Crippen LogP contribution in [0, 0.1) is 11.8 Å². The topological polar surface area (TPSA) is 114 Å². The Balaban J connectivity index is 1.65. The van der Waals surface area contributed by atoms with Gasteiger partial charge in [0, 0.05) is 12.3 Å². The Hall–Kier alpha value is -3.52. The van der Waals surface area contributed by atoms with Crippen LogP contribution in [0.4, 0.5) is 4.79 Å². The first-order valence-corrected chi connectivity index (χ1v) is 13.1. The molecule has 1 heterocycles. The summed E-state index contributed by atoms with van der Waals surface area (Å²) in [5.74, 6) is -1.37. The fourth-order valence-electron chi connectivity index (χ4n) is 4.21. The van der Waals surface area contributed by atoms with Gasteiger partial charge in [-0.3, -0.25) is 14.4 Å². The van der Waals surface area contributed by atoms with Gasteiger partial charge in [-0.25, -0.2) is 4.79 Å². The molecule has 0 spiro atoms. The first-order chi connectivity index (χ1) is 18.1. The molecule has 204 valence electrons. The van der Waals surface area contributed by atoms with Crippen molar-refractivity contribution in [2.24, 2.45) is 11.8 Å². The molecule has 1 saturated heterocycles. The summed E-state index contributed by atoms with van der Waals surface area (Å²) in [5, 5.41) is 5.46. The normalized spacial score (nSPS) is 18.7. The van der Waals surface area contributed by atoms with E-state index < -0.39 is 29.7 Å². The van der Waals surface area contributed by atoms with Crippen molar-refractivity contribution in [3.05, 3.63) is 71.8 Å². The highest BCUT2D eigenvalue weighted by atomic mass is 16.6. The van der Waals surface area contributed by atoms with E-state index in [9.17, 15) is 19.2 Å². The van der Waals surface area contributed by atoms with Crippen molar-refractivity contribution in [2.45, 2.75) is 71.2 Å². The molecular weight excluding hydrogens is 484 g/mol. The second-order valence-corrected chi connectivity index (χ2v) is 10.6. The highest BCUT2D eigenvalue weighted by Gasteiger charge is 2.50. The van der Waals surface area contributed by atoms with Gasteiger partial charge in [0.2, 0.25) is 5.91 Å². The number of ether oxygens (including phenoxy) is 2. The lowest BCUT2D eigenvalue weighted by Gasteiger charge is -2.25. The van der Waals surface area contributed by atoms with Gasteiger partial charge in [0.25, 0.3) is 0 Å². The maximum atomic E-state index is 13.5. The molecule has 0 aromatic heterocycles. The molecule has 3 rings (SSSR count). The van der Waals surface area contributed by atoms with E-state index in [1.807, 2.05) is 74.5 Å². The summed E-state index contributed by atoms with van der Waals surface area (Å²) in [6.07, 6.45) is -0.0169. The number of hydrogen-bond acceptors (Lipinski definition) is 6. The molecule has 8 heteroatoms. The van der Waals surface area contributed by atoms with Crippen LogP contribution in [0.1, 0.15) is 51.7 Å². The number of alkyl carbamates (subject to hydrolysis) is 1. The van der Waals surface area contributed by atoms with Crippen LogP contribution in [0.15, 0.2) is 60.7 Å². The number of epoxide rings is 1. The Kier molecular flexibility index (Phi) is 10.2. The molecule has 1 aliphatic rings. The van der Waals surface area contributed by atoms with Gasteiger partial charge in [0.15, 0.2) is 11.6 Å². The minimum Gasteiger partial charge on any atom is -0.445 e. The third-order valence-corrected chi connectivity index (χ3v) is 6.61. The molecule has 38 heavy (non-hydrogen) atoms. The summed E-state index contributed by atoms with van der Waals surface area (Å²) in [7, 11) is 0. The Morgan fingerprint density at radius 3 is 2.05 bits per heavy atom. The molecule has 0 saturated carbocycles. The quantitative estimate of drug-likeness (QED) is 0.363. The van der Waals surface area contributed by atoms with Crippen molar-refractivity contribution in [1.82, 2.24) is 10.6 Å². The van der Waals surface area contributed by atoms with Crippen LogP contribution < -0.4 is 10.6 Å². The largest absolute Gasteiger partial charge is 0.445 e. The lowest BCUT2D eigenvalue weighted by Crippen LogP contribution is -2.49. The van der Waals surface area contributed by atoms with Gasteiger partial charge in [-0.05, 0) is 43.7 Å². The van der Waals surface area contributed by atoms with E-state index in [0.29, 0.717) is 19.4 Å². The van der Waals surface area contributed by atoms with E-state index in [1.165, 1.54) is 0 Å². The minimum absolute atomic E-state index is 0.0839. The number of carbonyl (C=O) groups is 4. The van der Waals surface area contributed by atoms with E-state index in [-0.39, 0.29) is 36.4 Å². The van der Waals surface area contributed by atoms with E-state index >= 15 is 0 Å². The van der Waals surface area contributed by atoms with E-state index in [2.05, 4.69) is 10.6 Å². The molecule has 1 aliphatic heterocycles. The SMILES string of the molecule is CC(C)C[C@H](NC(=O)[C@@H](CC(=O)[C@H](C)NC(=O)OCc1ccccc1)Cc1ccccc1)C(=O)[C@@]1(C)CO1. The van der Waals surface area contributed by atoms with Gasteiger partial charge in [0.1, 0.15) is 12.2 Å². The molecule has 0 aliphatic carbocycles. The number of hydrogen-bond donors (Lipinski definition) is 2. The molecule has 2 N–H and O–H groups in total. The van der Waals surface area contributed by atoms with Crippen LogP contribution >= 0.6 is 0 Å². The third-order valence-electron chi connectivity index (χ3n) is 6.61. The van der Waals surface area contributed by atoms with Crippen molar-refractivity contribution in [3.63, 3.8) is 0 Å². The van der Waals surface area contributed by atoms with Gasteiger partial charge in [-0.2, -0.15) is 0 Å². The average Bonchev–Trinajstić information content (AvgIpc) is 3.65. The van der Waals surface area contributed by atoms with Gasteiger partial charge >= 0.3 is 6.09 Å². The molecule has 0 unspecified atom stereocenters. The zero-order valence-corrected chi connectivity index (χ0v) is 22.6. The lowest BCUT2D eigenvalue weighted by molar-refractivity contribution is -0.134. The monoisotopic (exact) mass is 522 g/mol. The number of benzene rings is 2. The summed E-state index contributed by atoms with van der Waals surface area (Å²) in [6.45, 7) is 7.69. The van der Waals surface area contributed by atoms with Crippen molar-refractivity contribution in [3.8, 4) is 0 Å². The second-order valence-electron chi connectivity index (χ2n) is 10.6. The van der Waals surface area contributed by atoms with Gasteiger partial charge in [-0.1, -0.05) is 74.5 Å². The number of amides is 2. The molecule has 2 aromatic rings. The molecule has 2 amide bonds. The van der Waals surface area contributed by atoms with Crippen LogP contribution in [0.25, 0.3) is 0 Å². The van der Waals surface area contributed by atoms with Crippen molar-refractivity contribution >= 4 is 23.6 Å². The third kappa shape index (κ3) is 8.80. The molecule has 0 radical (unpaired) electrons. The fourth-order valence-corrected chi connectivity index (χ4v) is 4.21. The number of nitrogens with one attached hydrogen (secondary N) is 2. The standard InChI is InChI=1S/C30H38N2O6/c1-20(2)15-25(27(34)30(4)19-38-30)32-28(35)24(16-22-11-7-5-8-12-22)17-26(33)21(3)31-29(36)37-18-23-13-9-6-10-14-23/h5-14,20-21,24-25H,15-19H2,1-4H3,(H,31,36)(H,32,35)/t21-,24+,25-,30+/m0/s1. The first-order valence-electron chi connectivity index (χ1n) is 13.1. The highest BCUT2D eigenvalue weighted by molar-refractivity contribution is 5.97. The van der Waals surface area contributed by atoms with Gasteiger partial charge in [0.05, 0.1) is 18.7 Å². The number of rotatable bonds is 14.